The fourth-order valence-electron chi connectivity index (χ4n) is 1.77. The molecule has 0 saturated heterocycles. The lowest BCUT2D eigenvalue weighted by molar-refractivity contribution is 0.0688. The van der Waals surface area contributed by atoms with Crippen LogP contribution in [0.1, 0.15) is 27.6 Å². The number of nitrogens with one attached hydrogen (secondary N) is 1. The molecule has 0 heterocycles. The molecule has 9 heteroatoms. The number of thioether (sulfide) groups is 1. The Balaban J connectivity index is 3.22. The molecule has 1 amide bonds. The van der Waals surface area contributed by atoms with Crippen molar-refractivity contribution in [1.29, 1.82) is 0 Å². The van der Waals surface area contributed by atoms with E-state index in [4.69, 9.17) is 0 Å². The molecule has 0 saturated carbocycles. The minimum Gasteiger partial charge on any atom is -0.478 e. The van der Waals surface area contributed by atoms with Crippen LogP contribution in [0.3, 0.4) is 0 Å². The quantitative estimate of drug-likeness (QED) is 0.713. The summed E-state index contributed by atoms with van der Waals surface area (Å²) in [5.41, 5.74) is -0.636. The standard InChI is InChI=1S/C13H17NO6S2/c1-8(7-21-2)14-12(15)9-5-4-6-10(11(9)13(16)17)20-22(3,18)19/h4-6,8H,7H2,1-3H3,(H,14,15)(H,16,17). The third kappa shape index (κ3) is 5.23. The van der Waals surface area contributed by atoms with E-state index in [2.05, 4.69) is 9.50 Å². The minimum atomic E-state index is -3.91. The zero-order chi connectivity index (χ0) is 16.9. The number of hydrogen-bond donors (Lipinski definition) is 2. The molecule has 0 spiro atoms. The lowest BCUT2D eigenvalue weighted by atomic mass is 10.1. The van der Waals surface area contributed by atoms with Crippen LogP contribution in [0.25, 0.3) is 0 Å². The Hall–Kier alpha value is -1.74. The molecule has 1 aromatic carbocycles. The summed E-state index contributed by atoms with van der Waals surface area (Å²) < 4.78 is 27.0. The van der Waals surface area contributed by atoms with Gasteiger partial charge in [-0.25, -0.2) is 4.79 Å². The third-order valence-electron chi connectivity index (χ3n) is 2.52. The molecule has 2 N–H and O–H groups in total. The second-order valence-corrected chi connectivity index (χ2v) is 7.09. The number of carbonyl (C=O) groups excluding carboxylic acids is 1. The van der Waals surface area contributed by atoms with Gasteiger partial charge >= 0.3 is 16.1 Å². The van der Waals surface area contributed by atoms with Crippen LogP contribution in [0, 0.1) is 0 Å². The van der Waals surface area contributed by atoms with Gasteiger partial charge in [0.15, 0.2) is 5.75 Å². The second kappa shape index (κ2) is 7.50. The molecule has 0 aliphatic heterocycles. The van der Waals surface area contributed by atoms with Crippen molar-refractivity contribution in [1.82, 2.24) is 5.32 Å². The van der Waals surface area contributed by atoms with Crippen LogP contribution in [0.4, 0.5) is 0 Å². The number of amides is 1. The maximum atomic E-state index is 12.2. The molecule has 0 aliphatic rings. The van der Waals surface area contributed by atoms with Gasteiger partial charge in [-0.1, -0.05) is 6.07 Å². The predicted octanol–water partition coefficient (Wildman–Crippen LogP) is 1.20. The first-order valence-electron chi connectivity index (χ1n) is 6.21. The van der Waals surface area contributed by atoms with E-state index in [9.17, 15) is 23.1 Å². The lowest BCUT2D eigenvalue weighted by Crippen LogP contribution is -2.35. The van der Waals surface area contributed by atoms with E-state index < -0.39 is 27.6 Å². The highest BCUT2D eigenvalue weighted by Crippen LogP contribution is 2.24. The van der Waals surface area contributed by atoms with Gasteiger partial charge in [-0.15, -0.1) is 0 Å². The van der Waals surface area contributed by atoms with Gasteiger partial charge in [0.2, 0.25) is 0 Å². The van der Waals surface area contributed by atoms with Crippen LogP contribution in [0.5, 0.6) is 5.75 Å². The van der Waals surface area contributed by atoms with E-state index in [1.807, 2.05) is 6.26 Å². The molecule has 122 valence electrons. The van der Waals surface area contributed by atoms with Crippen molar-refractivity contribution in [3.05, 3.63) is 29.3 Å². The average Bonchev–Trinajstić information content (AvgIpc) is 2.36. The number of aromatic carboxylic acids is 1. The summed E-state index contributed by atoms with van der Waals surface area (Å²) in [6.45, 7) is 1.78. The second-order valence-electron chi connectivity index (χ2n) is 4.60. The van der Waals surface area contributed by atoms with Crippen LogP contribution in [-0.4, -0.2) is 49.7 Å². The highest BCUT2D eigenvalue weighted by molar-refractivity contribution is 7.98. The number of carboxylic acid groups (broad SMARTS) is 1. The topological polar surface area (TPSA) is 110 Å². The van der Waals surface area contributed by atoms with E-state index in [0.29, 0.717) is 5.75 Å². The predicted molar refractivity (Wildman–Crippen MR) is 84.2 cm³/mol. The molecule has 0 aromatic heterocycles. The van der Waals surface area contributed by atoms with Crippen LogP contribution >= 0.6 is 11.8 Å². The Labute approximate surface area is 133 Å². The van der Waals surface area contributed by atoms with Crippen molar-refractivity contribution in [2.45, 2.75) is 13.0 Å². The highest BCUT2D eigenvalue weighted by atomic mass is 32.2. The maximum Gasteiger partial charge on any atom is 0.340 e. The van der Waals surface area contributed by atoms with Crippen molar-refractivity contribution in [2.75, 3.05) is 18.3 Å². The Morgan fingerprint density at radius 2 is 2.05 bits per heavy atom. The van der Waals surface area contributed by atoms with Crippen molar-refractivity contribution in [3.63, 3.8) is 0 Å². The third-order valence-corrected chi connectivity index (χ3v) is 3.84. The lowest BCUT2D eigenvalue weighted by Gasteiger charge is -2.15. The van der Waals surface area contributed by atoms with Gasteiger partial charge in [0.05, 0.1) is 11.8 Å². The summed E-state index contributed by atoms with van der Waals surface area (Å²) in [5.74, 6) is -1.77. The number of carbonyl (C=O) groups is 2. The molecule has 22 heavy (non-hydrogen) atoms. The number of carboxylic acids is 1. The van der Waals surface area contributed by atoms with E-state index in [1.165, 1.54) is 30.0 Å². The van der Waals surface area contributed by atoms with E-state index in [1.54, 1.807) is 6.92 Å². The number of rotatable bonds is 7. The number of hydrogen-bond acceptors (Lipinski definition) is 6. The normalized spacial score (nSPS) is 12.5. The molecule has 1 aromatic rings. The summed E-state index contributed by atoms with van der Waals surface area (Å²) in [7, 11) is -3.91. The van der Waals surface area contributed by atoms with Crippen LogP contribution < -0.4 is 9.50 Å². The fourth-order valence-corrected chi connectivity index (χ4v) is 2.82. The minimum absolute atomic E-state index is 0.151. The van der Waals surface area contributed by atoms with E-state index in [-0.39, 0.29) is 17.4 Å². The molecule has 7 nitrogen and oxygen atoms in total. The zero-order valence-corrected chi connectivity index (χ0v) is 14.0. The molecule has 0 radical (unpaired) electrons. The Morgan fingerprint density at radius 3 is 2.55 bits per heavy atom. The van der Waals surface area contributed by atoms with Gasteiger partial charge in [0, 0.05) is 11.8 Å². The van der Waals surface area contributed by atoms with Crippen LogP contribution in [0.15, 0.2) is 18.2 Å². The van der Waals surface area contributed by atoms with Gasteiger partial charge in [-0.2, -0.15) is 20.2 Å². The molecule has 1 atom stereocenters. The maximum absolute atomic E-state index is 12.2. The summed E-state index contributed by atoms with van der Waals surface area (Å²) in [5, 5.41) is 11.9. The number of benzene rings is 1. The first-order valence-corrected chi connectivity index (χ1v) is 9.42. The van der Waals surface area contributed by atoms with Gasteiger partial charge in [-0.3, -0.25) is 4.79 Å². The molecule has 1 unspecified atom stereocenters. The SMILES string of the molecule is CSCC(C)NC(=O)c1cccc(OS(C)(=O)=O)c1C(=O)O. The first-order chi connectivity index (χ1) is 10.2. The molecule has 1 rings (SSSR count). The van der Waals surface area contributed by atoms with Crippen molar-refractivity contribution >= 4 is 33.8 Å². The van der Waals surface area contributed by atoms with Gasteiger partial charge < -0.3 is 14.6 Å². The summed E-state index contributed by atoms with van der Waals surface area (Å²) >= 11 is 1.53. The molecular weight excluding hydrogens is 330 g/mol. The van der Waals surface area contributed by atoms with Gasteiger partial charge in [0.25, 0.3) is 5.91 Å². The van der Waals surface area contributed by atoms with Crippen molar-refractivity contribution in [3.8, 4) is 5.75 Å². The summed E-state index contributed by atoms with van der Waals surface area (Å²) in [6.07, 6.45) is 2.68. The Bertz CT molecular complexity index is 671. The molecule has 0 bridgehead atoms. The Kier molecular flexibility index (Phi) is 6.24. The largest absolute Gasteiger partial charge is 0.478 e. The average molecular weight is 347 g/mol. The van der Waals surface area contributed by atoms with Gasteiger partial charge in [0.1, 0.15) is 5.56 Å². The monoisotopic (exact) mass is 347 g/mol. The fraction of sp³-hybridized carbons (Fsp3) is 0.385. The summed E-state index contributed by atoms with van der Waals surface area (Å²) in [6, 6.07) is 3.69. The smallest absolute Gasteiger partial charge is 0.340 e. The first kappa shape index (κ1) is 18.3. The summed E-state index contributed by atoms with van der Waals surface area (Å²) in [4.78, 5) is 23.6. The molecule has 0 fully saturated rings. The van der Waals surface area contributed by atoms with E-state index in [0.717, 1.165) is 6.26 Å². The van der Waals surface area contributed by atoms with Crippen LogP contribution in [-0.2, 0) is 10.1 Å². The highest BCUT2D eigenvalue weighted by Gasteiger charge is 2.24. The molecular formula is C13H17NO6S2. The Morgan fingerprint density at radius 1 is 1.41 bits per heavy atom. The van der Waals surface area contributed by atoms with Gasteiger partial charge in [-0.05, 0) is 25.3 Å². The van der Waals surface area contributed by atoms with Crippen LogP contribution in [0.2, 0.25) is 0 Å². The van der Waals surface area contributed by atoms with Crippen molar-refractivity contribution in [2.24, 2.45) is 0 Å². The zero-order valence-electron chi connectivity index (χ0n) is 12.3. The molecule has 0 aliphatic carbocycles. The van der Waals surface area contributed by atoms with E-state index >= 15 is 0 Å². The van der Waals surface area contributed by atoms with Crippen molar-refractivity contribution < 1.29 is 27.3 Å².